The smallest absolute Gasteiger partial charge is 0.496 e. The lowest BCUT2D eigenvalue weighted by molar-refractivity contribution is -0.274. The molecule has 0 N–H and O–H groups in total. The molecule has 0 atom stereocenters. The summed E-state index contributed by atoms with van der Waals surface area (Å²) in [5, 5.41) is 4.73. The van der Waals surface area contributed by atoms with Gasteiger partial charge < -0.3 is 9.47 Å². The highest BCUT2D eigenvalue weighted by atomic mass is 19.4. The number of halogens is 4. The van der Waals surface area contributed by atoms with Gasteiger partial charge in [0, 0.05) is 42.9 Å². The molecule has 0 aliphatic carbocycles. The highest BCUT2D eigenvalue weighted by Gasteiger charge is 2.34. The van der Waals surface area contributed by atoms with Gasteiger partial charge in [-0.1, -0.05) is 0 Å². The van der Waals surface area contributed by atoms with Gasteiger partial charge in [-0.2, -0.15) is 5.10 Å². The number of imidazole rings is 1. The van der Waals surface area contributed by atoms with Gasteiger partial charge in [0.1, 0.15) is 11.4 Å². The van der Waals surface area contributed by atoms with E-state index in [1.807, 2.05) is 6.92 Å². The molecule has 5 aromatic rings. The summed E-state index contributed by atoms with van der Waals surface area (Å²) in [5.74, 6) is -1.67. The summed E-state index contributed by atoms with van der Waals surface area (Å²) in [5.41, 5.74) is 1.28. The van der Waals surface area contributed by atoms with Gasteiger partial charge in [-0.05, 0) is 13.0 Å². The van der Waals surface area contributed by atoms with Gasteiger partial charge in [-0.3, -0.25) is 23.8 Å². The molecule has 1 aromatic carbocycles. The number of aryl methyl sites for hydroxylation is 3. The lowest BCUT2D eigenvalue weighted by Gasteiger charge is -2.15. The molecule has 186 valence electrons. The van der Waals surface area contributed by atoms with Crippen LogP contribution in [0.5, 0.6) is 11.5 Å². The lowest BCUT2D eigenvalue weighted by atomic mass is 10.0. The molecule has 4 heterocycles. The van der Waals surface area contributed by atoms with E-state index in [9.17, 15) is 18.0 Å². The SMILES string of the molecule is COc1cc2ncc3c(c2cc1-c1cn(C)nc1C)n(-c1c(F)cncc1OC(F)(F)F)c(=O)n3C. The van der Waals surface area contributed by atoms with Crippen LogP contribution in [-0.4, -0.2) is 42.4 Å². The van der Waals surface area contributed by atoms with E-state index in [2.05, 4.69) is 19.8 Å². The summed E-state index contributed by atoms with van der Waals surface area (Å²) in [6, 6.07) is 3.32. The Balaban J connectivity index is 1.93. The number of hydrogen-bond acceptors (Lipinski definition) is 6. The molecule has 0 fully saturated rings. The molecule has 4 aromatic heterocycles. The van der Waals surface area contributed by atoms with Crippen LogP contribution in [-0.2, 0) is 14.1 Å². The first-order chi connectivity index (χ1) is 17.0. The van der Waals surface area contributed by atoms with Gasteiger partial charge in [0.25, 0.3) is 0 Å². The van der Waals surface area contributed by atoms with E-state index in [0.717, 1.165) is 14.7 Å². The molecule has 9 nitrogen and oxygen atoms in total. The molecule has 36 heavy (non-hydrogen) atoms. The zero-order valence-corrected chi connectivity index (χ0v) is 19.4. The normalized spacial score (nSPS) is 12.0. The Labute approximate surface area is 200 Å². The first-order valence-corrected chi connectivity index (χ1v) is 10.5. The minimum atomic E-state index is -5.14. The van der Waals surface area contributed by atoms with Crippen LogP contribution in [0.15, 0.2) is 41.7 Å². The number of benzene rings is 1. The number of pyridine rings is 2. The molecular formula is C23H18F4N6O3. The highest BCUT2D eigenvalue weighted by Crippen LogP contribution is 2.39. The molecule has 0 radical (unpaired) electrons. The second-order valence-electron chi connectivity index (χ2n) is 8.06. The van der Waals surface area contributed by atoms with Crippen molar-refractivity contribution < 1.29 is 27.0 Å². The summed E-state index contributed by atoms with van der Waals surface area (Å²) in [7, 11) is 4.65. The minimum absolute atomic E-state index is 0.134. The Morgan fingerprint density at radius 2 is 1.78 bits per heavy atom. The first-order valence-electron chi connectivity index (χ1n) is 10.5. The molecule has 0 bridgehead atoms. The predicted octanol–water partition coefficient (Wildman–Crippen LogP) is 4.03. The number of fused-ring (bicyclic) bond motifs is 3. The topological polar surface area (TPSA) is 89.0 Å². The van der Waals surface area contributed by atoms with E-state index in [4.69, 9.17) is 4.74 Å². The Morgan fingerprint density at radius 3 is 2.42 bits per heavy atom. The highest BCUT2D eigenvalue weighted by molar-refractivity contribution is 6.06. The fourth-order valence-corrected chi connectivity index (χ4v) is 4.30. The average Bonchev–Trinajstić information content (AvgIpc) is 3.27. The zero-order chi connectivity index (χ0) is 25.9. The summed E-state index contributed by atoms with van der Waals surface area (Å²) >= 11 is 0. The minimum Gasteiger partial charge on any atom is -0.496 e. The summed E-state index contributed by atoms with van der Waals surface area (Å²) in [6.07, 6.45) is -0.565. The van der Waals surface area contributed by atoms with Crippen LogP contribution in [0.2, 0.25) is 0 Å². The summed E-state index contributed by atoms with van der Waals surface area (Å²) in [6.45, 7) is 1.81. The molecule has 0 aliphatic heterocycles. The number of nitrogens with zero attached hydrogens (tertiary/aromatic N) is 6. The third-order valence-electron chi connectivity index (χ3n) is 5.80. The molecular weight excluding hydrogens is 484 g/mol. The zero-order valence-electron chi connectivity index (χ0n) is 19.4. The molecule has 0 saturated heterocycles. The molecule has 0 unspecified atom stereocenters. The van der Waals surface area contributed by atoms with Crippen LogP contribution in [0, 0.1) is 12.7 Å². The van der Waals surface area contributed by atoms with E-state index < -0.39 is 29.3 Å². The Kier molecular flexibility index (Phi) is 5.23. The number of ether oxygens (including phenoxy) is 2. The Hall–Kier alpha value is -4.42. The van der Waals surface area contributed by atoms with Crippen molar-refractivity contribution in [1.29, 1.82) is 0 Å². The second-order valence-corrected chi connectivity index (χ2v) is 8.06. The van der Waals surface area contributed by atoms with E-state index in [0.29, 0.717) is 40.3 Å². The predicted molar refractivity (Wildman–Crippen MR) is 122 cm³/mol. The quantitative estimate of drug-likeness (QED) is 0.345. The van der Waals surface area contributed by atoms with Gasteiger partial charge in [-0.15, -0.1) is 13.2 Å². The standard InChI is InChI=1S/C23H18F4N6O3/c1-11-14(10-31(2)30-11)12-5-13-16(6-18(12)35-4)29-8-17-20(13)33(22(34)32(17)3)21-15(24)7-28-9-19(21)36-23(25,26)27/h5-10H,1-4H3. The third kappa shape index (κ3) is 3.63. The van der Waals surface area contributed by atoms with Crippen molar-refractivity contribution in [2.24, 2.45) is 14.1 Å². The van der Waals surface area contributed by atoms with Crippen molar-refractivity contribution in [2.45, 2.75) is 13.3 Å². The van der Waals surface area contributed by atoms with Crippen molar-refractivity contribution in [3.8, 4) is 28.3 Å². The third-order valence-corrected chi connectivity index (χ3v) is 5.80. The van der Waals surface area contributed by atoms with Crippen LogP contribution in [0.1, 0.15) is 5.69 Å². The van der Waals surface area contributed by atoms with Crippen molar-refractivity contribution in [1.82, 2.24) is 28.9 Å². The lowest BCUT2D eigenvalue weighted by Crippen LogP contribution is -2.24. The van der Waals surface area contributed by atoms with Crippen LogP contribution < -0.4 is 15.2 Å². The van der Waals surface area contributed by atoms with Crippen LogP contribution >= 0.6 is 0 Å². The molecule has 0 spiro atoms. The van der Waals surface area contributed by atoms with E-state index in [-0.39, 0.29) is 11.0 Å². The van der Waals surface area contributed by atoms with Gasteiger partial charge in [-0.25, -0.2) is 9.18 Å². The number of hydrogen-bond donors (Lipinski definition) is 0. The van der Waals surface area contributed by atoms with E-state index >= 15 is 4.39 Å². The summed E-state index contributed by atoms with van der Waals surface area (Å²) < 4.78 is 67.6. The molecule has 0 aliphatic rings. The van der Waals surface area contributed by atoms with Crippen molar-refractivity contribution >= 4 is 21.9 Å². The second kappa shape index (κ2) is 8.07. The maximum absolute atomic E-state index is 15.0. The molecule has 13 heteroatoms. The van der Waals surface area contributed by atoms with Crippen molar-refractivity contribution in [2.75, 3.05) is 7.11 Å². The Morgan fingerprint density at radius 1 is 1.03 bits per heavy atom. The molecule has 5 rings (SSSR count). The van der Waals surface area contributed by atoms with Crippen molar-refractivity contribution in [3.05, 3.63) is 58.9 Å². The largest absolute Gasteiger partial charge is 0.573 e. The fourth-order valence-electron chi connectivity index (χ4n) is 4.30. The number of methoxy groups -OCH3 is 1. The maximum Gasteiger partial charge on any atom is 0.573 e. The van der Waals surface area contributed by atoms with Crippen LogP contribution in [0.25, 0.3) is 38.8 Å². The first kappa shape index (κ1) is 23.3. The van der Waals surface area contributed by atoms with Crippen LogP contribution in [0.4, 0.5) is 17.6 Å². The Bertz CT molecular complexity index is 1720. The van der Waals surface area contributed by atoms with Gasteiger partial charge in [0.2, 0.25) is 0 Å². The monoisotopic (exact) mass is 502 g/mol. The van der Waals surface area contributed by atoms with Gasteiger partial charge >= 0.3 is 12.1 Å². The van der Waals surface area contributed by atoms with Crippen molar-refractivity contribution in [3.63, 3.8) is 0 Å². The van der Waals surface area contributed by atoms with Gasteiger partial charge in [0.05, 0.1) is 47.9 Å². The average molecular weight is 502 g/mol. The number of alkyl halides is 3. The molecule has 0 saturated carbocycles. The molecule has 0 amide bonds. The van der Waals surface area contributed by atoms with E-state index in [1.54, 1.807) is 30.1 Å². The van der Waals surface area contributed by atoms with E-state index in [1.165, 1.54) is 20.4 Å². The maximum atomic E-state index is 15.0. The fraction of sp³-hybridized carbons (Fsp3) is 0.217. The number of rotatable bonds is 4. The van der Waals surface area contributed by atoms with Crippen LogP contribution in [0.3, 0.4) is 0 Å². The van der Waals surface area contributed by atoms with Gasteiger partial charge in [0.15, 0.2) is 11.6 Å². The number of aromatic nitrogens is 6. The summed E-state index contributed by atoms with van der Waals surface area (Å²) in [4.78, 5) is 21.1.